The van der Waals surface area contributed by atoms with Crippen molar-refractivity contribution in [1.82, 2.24) is 4.98 Å². The molecule has 3 nitrogen and oxygen atoms in total. The molecule has 1 aromatic rings. The van der Waals surface area contributed by atoms with E-state index in [4.69, 9.17) is 5.11 Å². The maximum atomic E-state index is 10.4. The van der Waals surface area contributed by atoms with E-state index in [9.17, 15) is 4.79 Å². The highest BCUT2D eigenvalue weighted by atomic mass is 16.4. The molecule has 14 heavy (non-hydrogen) atoms. The number of hydrogen-bond donors (Lipinski definition) is 1. The SMILES string of the molecule is CC/C(=C\CC(=O)O)c1ccccn1. The van der Waals surface area contributed by atoms with E-state index in [1.165, 1.54) is 0 Å². The van der Waals surface area contributed by atoms with Crippen molar-refractivity contribution >= 4 is 11.5 Å². The van der Waals surface area contributed by atoms with E-state index in [2.05, 4.69) is 4.98 Å². The van der Waals surface area contributed by atoms with Gasteiger partial charge in [0.2, 0.25) is 0 Å². The molecule has 0 aliphatic heterocycles. The Morgan fingerprint density at radius 3 is 2.86 bits per heavy atom. The van der Waals surface area contributed by atoms with Gasteiger partial charge in [0.25, 0.3) is 0 Å². The van der Waals surface area contributed by atoms with Crippen molar-refractivity contribution in [3.63, 3.8) is 0 Å². The van der Waals surface area contributed by atoms with Gasteiger partial charge in [-0.2, -0.15) is 0 Å². The first kappa shape index (κ1) is 10.4. The normalized spacial score (nSPS) is 11.4. The van der Waals surface area contributed by atoms with Crippen molar-refractivity contribution in [2.24, 2.45) is 0 Å². The molecule has 0 radical (unpaired) electrons. The largest absolute Gasteiger partial charge is 0.481 e. The molecule has 0 amide bonds. The summed E-state index contributed by atoms with van der Waals surface area (Å²) in [6, 6.07) is 5.62. The second kappa shape index (κ2) is 5.17. The quantitative estimate of drug-likeness (QED) is 0.794. The monoisotopic (exact) mass is 191 g/mol. The summed E-state index contributed by atoms with van der Waals surface area (Å²) in [5.41, 5.74) is 1.84. The topological polar surface area (TPSA) is 50.2 Å². The zero-order valence-electron chi connectivity index (χ0n) is 8.10. The van der Waals surface area contributed by atoms with E-state index in [1.807, 2.05) is 25.1 Å². The van der Waals surface area contributed by atoms with Crippen LogP contribution in [0.1, 0.15) is 25.5 Å². The van der Waals surface area contributed by atoms with E-state index in [0.717, 1.165) is 17.7 Å². The first-order chi connectivity index (χ1) is 6.74. The summed E-state index contributed by atoms with van der Waals surface area (Å²) in [4.78, 5) is 14.6. The Balaban J connectivity index is 2.82. The molecular weight excluding hydrogens is 178 g/mol. The molecule has 1 rings (SSSR count). The van der Waals surface area contributed by atoms with Crippen molar-refractivity contribution < 1.29 is 9.90 Å². The molecule has 0 aliphatic carbocycles. The van der Waals surface area contributed by atoms with Gasteiger partial charge in [-0.1, -0.05) is 19.1 Å². The second-order valence-corrected chi connectivity index (χ2v) is 2.90. The Morgan fingerprint density at radius 2 is 2.36 bits per heavy atom. The first-order valence-electron chi connectivity index (χ1n) is 4.56. The number of aliphatic carboxylic acids is 1. The lowest BCUT2D eigenvalue weighted by Gasteiger charge is -2.02. The van der Waals surface area contributed by atoms with Gasteiger partial charge >= 0.3 is 5.97 Å². The minimum Gasteiger partial charge on any atom is -0.481 e. The van der Waals surface area contributed by atoms with Gasteiger partial charge in [0, 0.05) is 6.20 Å². The van der Waals surface area contributed by atoms with Crippen LogP contribution in [0.3, 0.4) is 0 Å². The fourth-order valence-corrected chi connectivity index (χ4v) is 1.19. The summed E-state index contributed by atoms with van der Waals surface area (Å²) in [6.45, 7) is 1.99. The zero-order chi connectivity index (χ0) is 10.4. The van der Waals surface area contributed by atoms with Crippen LogP contribution in [0, 0.1) is 0 Å². The number of aromatic nitrogens is 1. The fraction of sp³-hybridized carbons (Fsp3) is 0.273. The summed E-state index contributed by atoms with van der Waals surface area (Å²) in [5.74, 6) is -0.813. The van der Waals surface area contributed by atoms with Gasteiger partial charge in [-0.25, -0.2) is 0 Å². The average molecular weight is 191 g/mol. The molecule has 1 heterocycles. The number of hydrogen-bond acceptors (Lipinski definition) is 2. The number of carboxylic acid groups (broad SMARTS) is 1. The Kier molecular flexibility index (Phi) is 3.85. The second-order valence-electron chi connectivity index (χ2n) is 2.90. The van der Waals surface area contributed by atoms with Crippen molar-refractivity contribution in [2.75, 3.05) is 0 Å². The number of allylic oxidation sites excluding steroid dienone is 1. The van der Waals surface area contributed by atoms with Crippen LogP contribution in [0.5, 0.6) is 0 Å². The molecule has 74 valence electrons. The lowest BCUT2D eigenvalue weighted by atomic mass is 10.1. The Hall–Kier alpha value is -1.64. The van der Waals surface area contributed by atoms with E-state index in [-0.39, 0.29) is 6.42 Å². The molecule has 0 unspecified atom stereocenters. The van der Waals surface area contributed by atoms with E-state index >= 15 is 0 Å². The molecule has 0 spiro atoms. The Bertz CT molecular complexity index is 330. The van der Waals surface area contributed by atoms with Crippen molar-refractivity contribution in [3.05, 3.63) is 36.2 Å². The fourth-order valence-electron chi connectivity index (χ4n) is 1.19. The molecule has 1 aromatic heterocycles. The maximum absolute atomic E-state index is 10.4. The average Bonchev–Trinajstić information content (AvgIpc) is 2.20. The van der Waals surface area contributed by atoms with Crippen LogP contribution < -0.4 is 0 Å². The maximum Gasteiger partial charge on any atom is 0.307 e. The minimum atomic E-state index is -0.813. The van der Waals surface area contributed by atoms with Gasteiger partial charge in [0.1, 0.15) is 0 Å². The van der Waals surface area contributed by atoms with Crippen molar-refractivity contribution in [3.8, 4) is 0 Å². The smallest absolute Gasteiger partial charge is 0.307 e. The number of carbonyl (C=O) groups is 1. The van der Waals surface area contributed by atoms with Gasteiger partial charge in [-0.15, -0.1) is 0 Å². The van der Waals surface area contributed by atoms with Crippen LogP contribution >= 0.6 is 0 Å². The van der Waals surface area contributed by atoms with Crippen LogP contribution in [0.2, 0.25) is 0 Å². The van der Waals surface area contributed by atoms with Crippen LogP contribution in [-0.4, -0.2) is 16.1 Å². The van der Waals surface area contributed by atoms with Crippen LogP contribution in [0.15, 0.2) is 30.5 Å². The molecule has 0 saturated heterocycles. The predicted molar refractivity (Wildman–Crippen MR) is 54.8 cm³/mol. The van der Waals surface area contributed by atoms with Gasteiger partial charge in [-0.3, -0.25) is 9.78 Å². The highest BCUT2D eigenvalue weighted by Gasteiger charge is 2.00. The molecule has 1 N–H and O–H groups in total. The molecule has 0 aliphatic rings. The van der Waals surface area contributed by atoms with Gasteiger partial charge in [0.05, 0.1) is 12.1 Å². The molecule has 0 saturated carbocycles. The van der Waals surface area contributed by atoms with E-state index < -0.39 is 5.97 Å². The van der Waals surface area contributed by atoms with E-state index in [1.54, 1.807) is 12.3 Å². The summed E-state index contributed by atoms with van der Waals surface area (Å²) in [6.07, 6.45) is 4.27. The van der Waals surface area contributed by atoms with Crippen molar-refractivity contribution in [1.29, 1.82) is 0 Å². The van der Waals surface area contributed by atoms with Crippen LogP contribution in [0.25, 0.3) is 5.57 Å². The third kappa shape index (κ3) is 3.01. The molecular formula is C11H13NO2. The molecule has 0 aromatic carbocycles. The van der Waals surface area contributed by atoms with Gasteiger partial charge in [-0.05, 0) is 24.1 Å². The summed E-state index contributed by atoms with van der Waals surface area (Å²) >= 11 is 0. The highest BCUT2D eigenvalue weighted by molar-refractivity contribution is 5.73. The van der Waals surface area contributed by atoms with Crippen LogP contribution in [0.4, 0.5) is 0 Å². The predicted octanol–water partition coefficient (Wildman–Crippen LogP) is 2.35. The van der Waals surface area contributed by atoms with Crippen LogP contribution in [-0.2, 0) is 4.79 Å². The molecule has 0 atom stereocenters. The third-order valence-corrected chi connectivity index (χ3v) is 1.90. The summed E-state index contributed by atoms with van der Waals surface area (Å²) in [5, 5.41) is 8.54. The number of nitrogens with zero attached hydrogens (tertiary/aromatic N) is 1. The third-order valence-electron chi connectivity index (χ3n) is 1.90. The zero-order valence-corrected chi connectivity index (χ0v) is 8.10. The first-order valence-corrected chi connectivity index (χ1v) is 4.56. The molecule has 0 bridgehead atoms. The van der Waals surface area contributed by atoms with Gasteiger partial charge < -0.3 is 5.11 Å². The molecule has 0 fully saturated rings. The Labute approximate surface area is 83.1 Å². The Morgan fingerprint density at radius 1 is 1.57 bits per heavy atom. The molecule has 3 heteroatoms. The van der Waals surface area contributed by atoms with Gasteiger partial charge in [0.15, 0.2) is 0 Å². The number of rotatable bonds is 4. The van der Waals surface area contributed by atoms with Crippen molar-refractivity contribution in [2.45, 2.75) is 19.8 Å². The van der Waals surface area contributed by atoms with E-state index in [0.29, 0.717) is 0 Å². The highest BCUT2D eigenvalue weighted by Crippen LogP contribution is 2.15. The number of carboxylic acids is 1. The number of pyridine rings is 1. The summed E-state index contributed by atoms with van der Waals surface area (Å²) < 4.78 is 0. The lowest BCUT2D eigenvalue weighted by Crippen LogP contribution is -1.93. The summed E-state index contributed by atoms with van der Waals surface area (Å²) in [7, 11) is 0. The minimum absolute atomic E-state index is 0.0553. The lowest BCUT2D eigenvalue weighted by molar-refractivity contribution is -0.135. The standard InChI is InChI=1S/C11H13NO2/c1-2-9(6-7-11(13)14)10-5-3-4-8-12-10/h3-6,8H,2,7H2,1H3,(H,13,14)/b9-6+.